The van der Waals surface area contributed by atoms with Gasteiger partial charge in [0.05, 0.1) is 5.52 Å². The number of nitrogens with one attached hydrogen (secondary N) is 1. The minimum absolute atomic E-state index is 0.409. The topological polar surface area (TPSA) is 50.9 Å². The highest BCUT2D eigenvalue weighted by atomic mass is 32.1. The van der Waals surface area contributed by atoms with E-state index in [1.54, 1.807) is 11.5 Å². The third kappa shape index (κ3) is 2.28. The fourth-order valence-electron chi connectivity index (χ4n) is 2.44. The van der Waals surface area contributed by atoms with Crippen molar-refractivity contribution < 1.29 is 0 Å². The smallest absolute Gasteiger partial charge is 0.117 e. The summed E-state index contributed by atoms with van der Waals surface area (Å²) in [6.07, 6.45) is 4.61. The lowest BCUT2D eigenvalue weighted by Crippen LogP contribution is -2.32. The zero-order valence-corrected chi connectivity index (χ0v) is 10.5. The van der Waals surface area contributed by atoms with Gasteiger partial charge in [0, 0.05) is 17.5 Å². The molecule has 1 saturated carbocycles. The largest absolute Gasteiger partial charge is 0.372 e. The number of fused-ring (bicyclic) bond motifs is 1. The van der Waals surface area contributed by atoms with E-state index in [-0.39, 0.29) is 0 Å². The van der Waals surface area contributed by atoms with Gasteiger partial charge in [0.1, 0.15) is 5.00 Å². The van der Waals surface area contributed by atoms with Crippen LogP contribution < -0.4 is 11.1 Å². The molecule has 0 unspecified atom stereocenters. The van der Waals surface area contributed by atoms with Gasteiger partial charge >= 0.3 is 0 Å². The summed E-state index contributed by atoms with van der Waals surface area (Å²) in [5.74, 6) is 0. The maximum absolute atomic E-state index is 5.92. The number of aromatic nitrogens is 1. The zero-order chi connectivity index (χ0) is 11.7. The standard InChI is InChI=1S/C13H17N3S/c14-9-5-7-10(8-6-9)15-13-11-3-1-2-4-12(11)16-17-13/h1-4,9-10,15H,5-8,14H2. The van der Waals surface area contributed by atoms with Crippen molar-refractivity contribution in [2.45, 2.75) is 37.8 Å². The molecule has 0 saturated heterocycles. The van der Waals surface area contributed by atoms with E-state index in [9.17, 15) is 0 Å². The molecule has 17 heavy (non-hydrogen) atoms. The van der Waals surface area contributed by atoms with Crippen LogP contribution in [0.15, 0.2) is 24.3 Å². The number of nitrogens with zero attached hydrogens (tertiary/aromatic N) is 1. The first-order chi connectivity index (χ1) is 8.33. The molecule has 1 heterocycles. The second kappa shape index (κ2) is 4.63. The lowest BCUT2D eigenvalue weighted by Gasteiger charge is -2.26. The van der Waals surface area contributed by atoms with Crippen LogP contribution in [0.5, 0.6) is 0 Å². The number of hydrogen-bond donors (Lipinski definition) is 2. The van der Waals surface area contributed by atoms with Gasteiger partial charge in [0.25, 0.3) is 0 Å². The molecule has 0 aliphatic heterocycles. The highest BCUT2D eigenvalue weighted by molar-refractivity contribution is 7.11. The predicted octanol–water partition coefficient (Wildman–Crippen LogP) is 2.98. The van der Waals surface area contributed by atoms with Crippen molar-refractivity contribution in [1.29, 1.82) is 0 Å². The molecule has 0 spiro atoms. The third-order valence-electron chi connectivity index (χ3n) is 3.49. The zero-order valence-electron chi connectivity index (χ0n) is 9.73. The second-order valence-electron chi connectivity index (χ2n) is 4.78. The second-order valence-corrected chi connectivity index (χ2v) is 5.56. The Morgan fingerprint density at radius 1 is 1.18 bits per heavy atom. The van der Waals surface area contributed by atoms with E-state index in [4.69, 9.17) is 5.73 Å². The van der Waals surface area contributed by atoms with Crippen LogP contribution in [0, 0.1) is 0 Å². The Balaban J connectivity index is 1.76. The molecule has 1 aliphatic carbocycles. The molecule has 1 aromatic carbocycles. The Labute approximate surface area is 105 Å². The Morgan fingerprint density at radius 3 is 2.76 bits per heavy atom. The van der Waals surface area contributed by atoms with Crippen LogP contribution in [-0.4, -0.2) is 16.5 Å². The molecule has 4 heteroatoms. The molecule has 0 amide bonds. The van der Waals surface area contributed by atoms with Crippen molar-refractivity contribution in [1.82, 2.24) is 4.37 Å². The maximum Gasteiger partial charge on any atom is 0.117 e. The first-order valence-corrected chi connectivity index (χ1v) is 6.97. The van der Waals surface area contributed by atoms with Crippen molar-refractivity contribution in [2.75, 3.05) is 5.32 Å². The molecule has 0 radical (unpaired) electrons. The van der Waals surface area contributed by atoms with E-state index < -0.39 is 0 Å². The lowest BCUT2D eigenvalue weighted by molar-refractivity contribution is 0.411. The van der Waals surface area contributed by atoms with Gasteiger partial charge in [0.15, 0.2) is 0 Å². The molecular weight excluding hydrogens is 230 g/mol. The van der Waals surface area contributed by atoms with Crippen LogP contribution in [0.2, 0.25) is 0 Å². The average Bonchev–Trinajstić information content (AvgIpc) is 2.76. The number of rotatable bonds is 2. The molecule has 0 bridgehead atoms. The molecule has 1 aliphatic rings. The van der Waals surface area contributed by atoms with Crippen LogP contribution in [-0.2, 0) is 0 Å². The quantitative estimate of drug-likeness (QED) is 0.857. The molecule has 0 atom stereocenters. The lowest BCUT2D eigenvalue weighted by atomic mass is 9.92. The Morgan fingerprint density at radius 2 is 1.94 bits per heavy atom. The van der Waals surface area contributed by atoms with Crippen molar-refractivity contribution in [2.24, 2.45) is 5.73 Å². The first-order valence-electron chi connectivity index (χ1n) is 6.19. The minimum Gasteiger partial charge on any atom is -0.372 e. The van der Waals surface area contributed by atoms with Gasteiger partial charge in [-0.3, -0.25) is 0 Å². The van der Waals surface area contributed by atoms with Crippen molar-refractivity contribution in [3.8, 4) is 0 Å². The number of nitrogens with two attached hydrogens (primary N) is 1. The monoisotopic (exact) mass is 247 g/mol. The number of benzene rings is 1. The van der Waals surface area contributed by atoms with Crippen LogP contribution in [0.4, 0.5) is 5.00 Å². The summed E-state index contributed by atoms with van der Waals surface area (Å²) in [4.78, 5) is 0. The van der Waals surface area contributed by atoms with E-state index in [2.05, 4.69) is 27.9 Å². The van der Waals surface area contributed by atoms with Gasteiger partial charge < -0.3 is 11.1 Å². The molecule has 2 aromatic rings. The highest BCUT2D eigenvalue weighted by Gasteiger charge is 2.19. The first kappa shape index (κ1) is 11.0. The van der Waals surface area contributed by atoms with E-state index >= 15 is 0 Å². The number of hydrogen-bond acceptors (Lipinski definition) is 4. The molecule has 3 N–H and O–H groups in total. The minimum atomic E-state index is 0.409. The Bertz CT molecular complexity index is 500. The fourth-order valence-corrected chi connectivity index (χ4v) is 3.28. The molecule has 1 fully saturated rings. The van der Waals surface area contributed by atoms with Crippen molar-refractivity contribution in [3.05, 3.63) is 24.3 Å². The number of anilines is 1. The Hall–Kier alpha value is -1.13. The predicted molar refractivity (Wildman–Crippen MR) is 73.5 cm³/mol. The summed E-state index contributed by atoms with van der Waals surface area (Å²) in [6, 6.07) is 9.28. The van der Waals surface area contributed by atoms with Gasteiger partial charge in [-0.1, -0.05) is 12.1 Å². The van der Waals surface area contributed by atoms with E-state index in [1.807, 2.05) is 6.07 Å². The van der Waals surface area contributed by atoms with E-state index in [1.165, 1.54) is 23.2 Å². The Kier molecular flexibility index (Phi) is 2.99. The molecular formula is C13H17N3S. The van der Waals surface area contributed by atoms with Gasteiger partial charge in [-0.05, 0) is 49.3 Å². The van der Waals surface area contributed by atoms with E-state index in [0.717, 1.165) is 18.4 Å². The summed E-state index contributed by atoms with van der Waals surface area (Å²) < 4.78 is 4.45. The maximum atomic E-state index is 5.92. The summed E-state index contributed by atoms with van der Waals surface area (Å²) in [5, 5.41) is 6.08. The van der Waals surface area contributed by atoms with Gasteiger partial charge in [-0.25, -0.2) is 0 Å². The average molecular weight is 247 g/mol. The summed E-state index contributed by atoms with van der Waals surface area (Å²) >= 11 is 1.56. The van der Waals surface area contributed by atoms with Crippen molar-refractivity contribution >= 4 is 27.4 Å². The van der Waals surface area contributed by atoms with E-state index in [0.29, 0.717) is 12.1 Å². The summed E-state index contributed by atoms with van der Waals surface area (Å²) in [5.41, 5.74) is 7.01. The van der Waals surface area contributed by atoms with Crippen LogP contribution >= 0.6 is 11.5 Å². The highest BCUT2D eigenvalue weighted by Crippen LogP contribution is 2.30. The van der Waals surface area contributed by atoms with Gasteiger partial charge in [-0.2, -0.15) is 4.37 Å². The summed E-state index contributed by atoms with van der Waals surface area (Å²) in [7, 11) is 0. The molecule has 3 nitrogen and oxygen atoms in total. The molecule has 1 aromatic heterocycles. The molecule has 90 valence electrons. The summed E-state index contributed by atoms with van der Waals surface area (Å²) in [6.45, 7) is 0. The van der Waals surface area contributed by atoms with Crippen LogP contribution in [0.1, 0.15) is 25.7 Å². The van der Waals surface area contributed by atoms with Crippen molar-refractivity contribution in [3.63, 3.8) is 0 Å². The molecule has 3 rings (SSSR count). The normalized spacial score (nSPS) is 25.0. The van der Waals surface area contributed by atoms with Gasteiger partial charge in [0.2, 0.25) is 0 Å². The third-order valence-corrected chi connectivity index (χ3v) is 4.30. The fraction of sp³-hybridized carbons (Fsp3) is 0.462. The van der Waals surface area contributed by atoms with Crippen LogP contribution in [0.3, 0.4) is 0 Å². The van der Waals surface area contributed by atoms with Crippen LogP contribution in [0.25, 0.3) is 10.9 Å². The van der Waals surface area contributed by atoms with Gasteiger partial charge in [-0.15, -0.1) is 0 Å². The SMILES string of the molecule is NC1CCC(Nc2snc3ccccc23)CC1.